The third kappa shape index (κ3) is 2.31. The molecule has 0 unspecified atom stereocenters. The van der Waals surface area contributed by atoms with E-state index in [1.54, 1.807) is 12.4 Å². The van der Waals surface area contributed by atoms with Gasteiger partial charge >= 0.3 is 0 Å². The van der Waals surface area contributed by atoms with E-state index >= 15 is 0 Å². The first kappa shape index (κ1) is 11.3. The minimum Gasteiger partial charge on any atom is -0.381 e. The van der Waals surface area contributed by atoms with E-state index in [0.717, 1.165) is 37.6 Å². The van der Waals surface area contributed by atoms with Crippen LogP contribution in [0.2, 0.25) is 0 Å². The maximum atomic E-state index is 5.66. The summed E-state index contributed by atoms with van der Waals surface area (Å²) in [5, 5.41) is 0. The van der Waals surface area contributed by atoms with Gasteiger partial charge in [0.05, 0.1) is 5.69 Å². The molecule has 1 aliphatic heterocycles. The molecule has 0 radical (unpaired) electrons. The van der Waals surface area contributed by atoms with Crippen LogP contribution in [0.15, 0.2) is 12.4 Å². The molecule has 5 heteroatoms. The number of rotatable bonds is 3. The first-order chi connectivity index (χ1) is 7.83. The van der Waals surface area contributed by atoms with E-state index in [-0.39, 0.29) is 0 Å². The molecule has 1 aliphatic rings. The van der Waals surface area contributed by atoms with Crippen molar-refractivity contribution >= 4 is 5.82 Å². The summed E-state index contributed by atoms with van der Waals surface area (Å²) in [5.41, 5.74) is 6.52. The largest absolute Gasteiger partial charge is 0.381 e. The van der Waals surface area contributed by atoms with Crippen LogP contribution in [0.5, 0.6) is 0 Å². The van der Waals surface area contributed by atoms with Gasteiger partial charge < -0.3 is 15.4 Å². The van der Waals surface area contributed by atoms with Gasteiger partial charge in [0.2, 0.25) is 0 Å². The summed E-state index contributed by atoms with van der Waals surface area (Å²) in [6, 6.07) is 0.482. The highest BCUT2D eigenvalue weighted by atomic mass is 16.5. The van der Waals surface area contributed by atoms with Crippen molar-refractivity contribution in [2.45, 2.75) is 25.4 Å². The quantitative estimate of drug-likeness (QED) is 0.809. The molecule has 0 saturated carbocycles. The molecule has 1 aromatic heterocycles. The number of nitrogens with two attached hydrogens (primary N) is 1. The van der Waals surface area contributed by atoms with Crippen molar-refractivity contribution in [3.05, 3.63) is 18.1 Å². The summed E-state index contributed by atoms with van der Waals surface area (Å²) >= 11 is 0. The first-order valence-electron chi connectivity index (χ1n) is 5.63. The molecule has 1 fully saturated rings. The van der Waals surface area contributed by atoms with Crippen LogP contribution in [-0.4, -0.2) is 36.3 Å². The van der Waals surface area contributed by atoms with E-state index in [0.29, 0.717) is 12.6 Å². The van der Waals surface area contributed by atoms with Crippen LogP contribution in [0.4, 0.5) is 5.82 Å². The fraction of sp³-hybridized carbons (Fsp3) is 0.636. The van der Waals surface area contributed by atoms with Gasteiger partial charge in [-0.2, -0.15) is 0 Å². The summed E-state index contributed by atoms with van der Waals surface area (Å²) in [4.78, 5) is 10.8. The Morgan fingerprint density at radius 3 is 2.75 bits per heavy atom. The molecule has 0 aromatic carbocycles. The molecule has 0 atom stereocenters. The van der Waals surface area contributed by atoms with E-state index in [1.807, 2.05) is 0 Å². The molecule has 5 nitrogen and oxygen atoms in total. The average molecular weight is 222 g/mol. The molecule has 16 heavy (non-hydrogen) atoms. The zero-order valence-corrected chi connectivity index (χ0v) is 9.59. The molecule has 1 saturated heterocycles. The predicted molar refractivity (Wildman–Crippen MR) is 62.2 cm³/mol. The Bertz CT molecular complexity index is 339. The predicted octanol–water partition coefficient (Wildman–Crippen LogP) is 0.550. The molecule has 0 spiro atoms. The third-order valence-corrected chi connectivity index (χ3v) is 3.02. The lowest BCUT2D eigenvalue weighted by molar-refractivity contribution is 0.0853. The minimum absolute atomic E-state index is 0.427. The summed E-state index contributed by atoms with van der Waals surface area (Å²) in [7, 11) is 2.05. The summed E-state index contributed by atoms with van der Waals surface area (Å²) < 4.78 is 5.35. The molecule has 0 bridgehead atoms. The highest BCUT2D eigenvalue weighted by Crippen LogP contribution is 2.20. The van der Waals surface area contributed by atoms with E-state index in [1.165, 1.54) is 0 Å². The molecule has 2 rings (SSSR count). The van der Waals surface area contributed by atoms with Crippen LogP contribution in [0.3, 0.4) is 0 Å². The second-order valence-electron chi connectivity index (χ2n) is 3.99. The maximum absolute atomic E-state index is 5.66. The van der Waals surface area contributed by atoms with Gasteiger partial charge in [-0.15, -0.1) is 0 Å². The first-order valence-corrected chi connectivity index (χ1v) is 5.63. The third-order valence-electron chi connectivity index (χ3n) is 3.02. The highest BCUT2D eigenvalue weighted by molar-refractivity contribution is 5.43. The lowest BCUT2D eigenvalue weighted by atomic mass is 10.1. The summed E-state index contributed by atoms with van der Waals surface area (Å²) in [5.74, 6) is 0.900. The van der Waals surface area contributed by atoms with Gasteiger partial charge in [0.1, 0.15) is 0 Å². The fourth-order valence-electron chi connectivity index (χ4n) is 2.04. The Kier molecular flexibility index (Phi) is 3.69. The number of ether oxygens (including phenoxy) is 1. The second kappa shape index (κ2) is 5.23. The van der Waals surface area contributed by atoms with Crippen molar-refractivity contribution in [3.63, 3.8) is 0 Å². The topological polar surface area (TPSA) is 64.3 Å². The van der Waals surface area contributed by atoms with Crippen molar-refractivity contribution < 1.29 is 4.74 Å². The van der Waals surface area contributed by atoms with E-state index < -0.39 is 0 Å². The lowest BCUT2D eigenvalue weighted by Gasteiger charge is -2.32. The van der Waals surface area contributed by atoms with Crippen LogP contribution < -0.4 is 10.6 Å². The summed E-state index contributed by atoms with van der Waals surface area (Å²) in [6.07, 6.45) is 5.47. The molecule has 2 N–H and O–H groups in total. The minimum atomic E-state index is 0.427. The average Bonchev–Trinajstić information content (AvgIpc) is 2.39. The van der Waals surface area contributed by atoms with Crippen LogP contribution in [0.25, 0.3) is 0 Å². The molecule has 2 heterocycles. The monoisotopic (exact) mass is 222 g/mol. The molecule has 0 aliphatic carbocycles. The molecule has 0 amide bonds. The fourth-order valence-corrected chi connectivity index (χ4v) is 2.04. The SMILES string of the molecule is CN(c1nccnc1CN)C1CCOCC1. The Balaban J connectivity index is 2.15. The standard InChI is InChI=1S/C11H18N4O/c1-15(9-2-6-16-7-3-9)11-10(8-12)13-4-5-14-11/h4-5,9H,2-3,6-8,12H2,1H3. The van der Waals surface area contributed by atoms with Crippen LogP contribution >= 0.6 is 0 Å². The molecule has 88 valence electrons. The van der Waals surface area contributed by atoms with Crippen LogP contribution in [-0.2, 0) is 11.3 Å². The van der Waals surface area contributed by atoms with Gasteiger partial charge in [0, 0.05) is 45.2 Å². The van der Waals surface area contributed by atoms with Gasteiger partial charge in [0.15, 0.2) is 5.82 Å². The Morgan fingerprint density at radius 1 is 1.38 bits per heavy atom. The van der Waals surface area contributed by atoms with Gasteiger partial charge in [0.25, 0.3) is 0 Å². The zero-order valence-electron chi connectivity index (χ0n) is 9.59. The second-order valence-corrected chi connectivity index (χ2v) is 3.99. The van der Waals surface area contributed by atoms with Gasteiger partial charge in [-0.25, -0.2) is 4.98 Å². The van der Waals surface area contributed by atoms with Crippen molar-refractivity contribution in [1.82, 2.24) is 9.97 Å². The van der Waals surface area contributed by atoms with E-state index in [2.05, 4.69) is 21.9 Å². The Labute approximate surface area is 95.6 Å². The van der Waals surface area contributed by atoms with Crippen molar-refractivity contribution in [2.75, 3.05) is 25.2 Å². The number of anilines is 1. The highest BCUT2D eigenvalue weighted by Gasteiger charge is 2.21. The molecular weight excluding hydrogens is 204 g/mol. The van der Waals surface area contributed by atoms with Crippen LogP contribution in [0.1, 0.15) is 18.5 Å². The lowest BCUT2D eigenvalue weighted by Crippen LogP contribution is -2.38. The molecular formula is C11H18N4O. The van der Waals surface area contributed by atoms with Crippen molar-refractivity contribution in [1.29, 1.82) is 0 Å². The zero-order chi connectivity index (χ0) is 11.4. The van der Waals surface area contributed by atoms with Gasteiger partial charge in [-0.05, 0) is 12.8 Å². The van der Waals surface area contributed by atoms with E-state index in [9.17, 15) is 0 Å². The van der Waals surface area contributed by atoms with Gasteiger partial charge in [-0.3, -0.25) is 4.98 Å². The van der Waals surface area contributed by atoms with Crippen LogP contribution in [0, 0.1) is 0 Å². The Morgan fingerprint density at radius 2 is 2.06 bits per heavy atom. The number of hydrogen-bond acceptors (Lipinski definition) is 5. The summed E-state index contributed by atoms with van der Waals surface area (Å²) in [6.45, 7) is 2.08. The van der Waals surface area contributed by atoms with Crippen molar-refractivity contribution in [3.8, 4) is 0 Å². The smallest absolute Gasteiger partial charge is 0.151 e. The van der Waals surface area contributed by atoms with Gasteiger partial charge in [-0.1, -0.05) is 0 Å². The van der Waals surface area contributed by atoms with Crippen molar-refractivity contribution in [2.24, 2.45) is 5.73 Å². The molecule has 1 aromatic rings. The maximum Gasteiger partial charge on any atom is 0.151 e. The number of nitrogens with zero attached hydrogens (tertiary/aromatic N) is 3. The number of aromatic nitrogens is 2. The number of hydrogen-bond donors (Lipinski definition) is 1. The Hall–Kier alpha value is -1.20. The normalized spacial score (nSPS) is 17.4. The van der Waals surface area contributed by atoms with E-state index in [4.69, 9.17) is 10.5 Å².